The van der Waals surface area contributed by atoms with Gasteiger partial charge in [-0.3, -0.25) is 4.79 Å². The van der Waals surface area contributed by atoms with Crippen LogP contribution in [-0.2, 0) is 5.88 Å². The SMILES string of the molecule is NC(=O)c1n[nH]nc1-c1c(O)cc(O)cc1CCl. The Labute approximate surface area is 106 Å². The number of nitrogens with two attached hydrogens (primary N) is 1. The molecule has 2 rings (SSSR count). The Bertz CT molecular complexity index is 611. The van der Waals surface area contributed by atoms with Crippen LogP contribution in [-0.4, -0.2) is 31.5 Å². The monoisotopic (exact) mass is 268 g/mol. The second-order valence-electron chi connectivity index (χ2n) is 3.52. The third kappa shape index (κ3) is 1.95. The second kappa shape index (κ2) is 4.53. The van der Waals surface area contributed by atoms with Crippen LogP contribution in [0.1, 0.15) is 16.1 Å². The van der Waals surface area contributed by atoms with E-state index < -0.39 is 5.91 Å². The number of nitrogens with one attached hydrogen (secondary N) is 1. The number of aromatic amines is 1. The van der Waals surface area contributed by atoms with E-state index in [-0.39, 0.29) is 34.3 Å². The Kier molecular flexibility index (Phi) is 3.07. The first-order valence-corrected chi connectivity index (χ1v) is 5.39. The molecule has 0 bridgehead atoms. The smallest absolute Gasteiger partial charge is 0.271 e. The number of amides is 1. The van der Waals surface area contributed by atoms with Gasteiger partial charge in [0.1, 0.15) is 17.2 Å². The van der Waals surface area contributed by atoms with Gasteiger partial charge in [-0.05, 0) is 11.6 Å². The first kappa shape index (κ1) is 12.2. The lowest BCUT2D eigenvalue weighted by Gasteiger charge is -2.08. The fourth-order valence-electron chi connectivity index (χ4n) is 1.62. The highest BCUT2D eigenvalue weighted by Gasteiger charge is 2.21. The van der Waals surface area contributed by atoms with Crippen molar-refractivity contribution in [1.29, 1.82) is 0 Å². The van der Waals surface area contributed by atoms with Crippen molar-refractivity contribution in [3.05, 3.63) is 23.4 Å². The summed E-state index contributed by atoms with van der Waals surface area (Å²) in [7, 11) is 0. The quantitative estimate of drug-likeness (QED) is 0.610. The number of hydrogen-bond acceptors (Lipinski definition) is 5. The molecule has 0 aliphatic rings. The van der Waals surface area contributed by atoms with Gasteiger partial charge in [-0.1, -0.05) is 0 Å². The number of benzene rings is 1. The maximum absolute atomic E-state index is 11.2. The summed E-state index contributed by atoms with van der Waals surface area (Å²) in [4.78, 5) is 11.2. The number of rotatable bonds is 3. The summed E-state index contributed by atoms with van der Waals surface area (Å²) in [5, 5.41) is 28.8. The average molecular weight is 269 g/mol. The van der Waals surface area contributed by atoms with Crippen LogP contribution in [0.4, 0.5) is 0 Å². The predicted octanol–water partition coefficient (Wildman–Crippen LogP) is 0.721. The Morgan fingerprint density at radius 2 is 2.11 bits per heavy atom. The summed E-state index contributed by atoms with van der Waals surface area (Å²) in [6.45, 7) is 0. The largest absolute Gasteiger partial charge is 0.508 e. The molecule has 5 N–H and O–H groups in total. The molecule has 18 heavy (non-hydrogen) atoms. The number of alkyl halides is 1. The van der Waals surface area contributed by atoms with E-state index in [2.05, 4.69) is 15.4 Å². The highest BCUT2D eigenvalue weighted by atomic mass is 35.5. The van der Waals surface area contributed by atoms with Crippen LogP contribution >= 0.6 is 11.6 Å². The maximum Gasteiger partial charge on any atom is 0.271 e. The van der Waals surface area contributed by atoms with Crippen LogP contribution < -0.4 is 5.73 Å². The van der Waals surface area contributed by atoms with Gasteiger partial charge in [-0.15, -0.1) is 11.6 Å². The highest BCUT2D eigenvalue weighted by Crippen LogP contribution is 2.36. The number of aromatic hydroxyl groups is 2. The van der Waals surface area contributed by atoms with Gasteiger partial charge in [0.2, 0.25) is 0 Å². The van der Waals surface area contributed by atoms with Crippen molar-refractivity contribution in [3.8, 4) is 22.8 Å². The summed E-state index contributed by atoms with van der Waals surface area (Å²) in [6, 6.07) is 2.48. The van der Waals surface area contributed by atoms with Gasteiger partial charge in [0.25, 0.3) is 5.91 Å². The van der Waals surface area contributed by atoms with Crippen LogP contribution in [0, 0.1) is 0 Å². The van der Waals surface area contributed by atoms with Crippen molar-refractivity contribution in [2.24, 2.45) is 5.73 Å². The van der Waals surface area contributed by atoms with Crippen molar-refractivity contribution in [3.63, 3.8) is 0 Å². The van der Waals surface area contributed by atoms with E-state index in [1.807, 2.05) is 0 Å². The number of hydrogen-bond donors (Lipinski definition) is 4. The van der Waals surface area contributed by atoms with E-state index in [1.165, 1.54) is 6.07 Å². The molecular weight excluding hydrogens is 260 g/mol. The van der Waals surface area contributed by atoms with E-state index in [9.17, 15) is 15.0 Å². The van der Waals surface area contributed by atoms with Crippen LogP contribution in [0.2, 0.25) is 0 Å². The van der Waals surface area contributed by atoms with Crippen molar-refractivity contribution in [2.45, 2.75) is 5.88 Å². The van der Waals surface area contributed by atoms with Gasteiger partial charge in [0.05, 0.1) is 5.56 Å². The van der Waals surface area contributed by atoms with Crippen molar-refractivity contribution >= 4 is 17.5 Å². The molecule has 94 valence electrons. The number of aromatic nitrogens is 3. The molecule has 2 aromatic rings. The summed E-state index contributed by atoms with van der Waals surface area (Å²) in [6.07, 6.45) is 0. The molecule has 7 nitrogen and oxygen atoms in total. The fraction of sp³-hybridized carbons (Fsp3) is 0.100. The zero-order valence-electron chi connectivity index (χ0n) is 9.01. The van der Waals surface area contributed by atoms with Gasteiger partial charge >= 0.3 is 0 Å². The number of primary amides is 1. The van der Waals surface area contributed by atoms with E-state index >= 15 is 0 Å². The molecule has 1 aromatic heterocycles. The predicted molar refractivity (Wildman–Crippen MR) is 63.2 cm³/mol. The van der Waals surface area contributed by atoms with Crippen LogP contribution in [0.15, 0.2) is 12.1 Å². The number of phenolic OH excluding ortho intramolecular Hbond substituents is 2. The minimum absolute atomic E-state index is 0.0162. The molecule has 1 heterocycles. The van der Waals surface area contributed by atoms with E-state index in [1.54, 1.807) is 0 Å². The van der Waals surface area contributed by atoms with Crippen LogP contribution in [0.25, 0.3) is 11.3 Å². The third-order valence-corrected chi connectivity index (χ3v) is 2.63. The lowest BCUT2D eigenvalue weighted by atomic mass is 10.0. The topological polar surface area (TPSA) is 125 Å². The van der Waals surface area contributed by atoms with Crippen molar-refractivity contribution in [2.75, 3.05) is 0 Å². The van der Waals surface area contributed by atoms with E-state index in [4.69, 9.17) is 17.3 Å². The molecule has 0 saturated carbocycles. The first-order chi connectivity index (χ1) is 8.54. The van der Waals surface area contributed by atoms with Crippen LogP contribution in [0.5, 0.6) is 11.5 Å². The number of carbonyl (C=O) groups excluding carboxylic acids is 1. The Balaban J connectivity index is 2.70. The molecule has 8 heteroatoms. The zero-order chi connectivity index (χ0) is 13.3. The maximum atomic E-state index is 11.2. The molecule has 0 spiro atoms. The summed E-state index contributed by atoms with van der Waals surface area (Å²) >= 11 is 5.73. The van der Waals surface area contributed by atoms with E-state index in [0.29, 0.717) is 5.56 Å². The molecule has 0 saturated heterocycles. The summed E-state index contributed by atoms with van der Waals surface area (Å²) in [5.41, 5.74) is 5.75. The number of halogens is 1. The second-order valence-corrected chi connectivity index (χ2v) is 3.78. The van der Waals surface area contributed by atoms with Gasteiger partial charge in [-0.2, -0.15) is 15.4 Å². The number of phenols is 2. The fourth-order valence-corrected chi connectivity index (χ4v) is 1.84. The lowest BCUT2D eigenvalue weighted by Crippen LogP contribution is -2.13. The average Bonchev–Trinajstić information content (AvgIpc) is 2.76. The summed E-state index contributed by atoms with van der Waals surface area (Å²) < 4.78 is 0. The molecule has 0 aliphatic carbocycles. The Morgan fingerprint density at radius 3 is 2.72 bits per heavy atom. The number of H-pyrrole nitrogens is 1. The standard InChI is InChI=1S/C10H9ClN4O3/c11-3-4-1-5(16)2-6(17)7(4)8-9(10(12)18)14-15-13-8/h1-2,16-17H,3H2,(H2,12,18)(H,13,14,15). The molecule has 0 atom stereocenters. The third-order valence-electron chi connectivity index (χ3n) is 2.35. The lowest BCUT2D eigenvalue weighted by molar-refractivity contribution is 0.0996. The molecule has 1 aromatic carbocycles. The minimum Gasteiger partial charge on any atom is -0.508 e. The van der Waals surface area contributed by atoms with Crippen molar-refractivity contribution in [1.82, 2.24) is 15.4 Å². The molecule has 0 fully saturated rings. The molecular formula is C10H9ClN4O3. The Hall–Kier alpha value is -2.28. The van der Waals surface area contributed by atoms with Gasteiger partial charge in [0, 0.05) is 11.9 Å². The van der Waals surface area contributed by atoms with E-state index in [0.717, 1.165) is 6.07 Å². The Morgan fingerprint density at radius 1 is 1.39 bits per heavy atom. The normalized spacial score (nSPS) is 10.5. The molecule has 0 radical (unpaired) electrons. The van der Waals surface area contributed by atoms with Crippen LogP contribution in [0.3, 0.4) is 0 Å². The number of carbonyl (C=O) groups is 1. The molecule has 0 aliphatic heterocycles. The van der Waals surface area contributed by atoms with Gasteiger partial charge < -0.3 is 15.9 Å². The minimum atomic E-state index is -0.785. The number of nitrogens with zero attached hydrogens (tertiary/aromatic N) is 2. The first-order valence-electron chi connectivity index (χ1n) is 4.86. The zero-order valence-corrected chi connectivity index (χ0v) is 9.77. The summed E-state index contributed by atoms with van der Waals surface area (Å²) in [5.74, 6) is -1.17. The molecule has 1 amide bonds. The van der Waals surface area contributed by atoms with Crippen molar-refractivity contribution < 1.29 is 15.0 Å². The highest BCUT2D eigenvalue weighted by molar-refractivity contribution is 6.17. The van der Waals surface area contributed by atoms with Gasteiger partial charge in [0.15, 0.2) is 5.69 Å². The van der Waals surface area contributed by atoms with Gasteiger partial charge in [-0.25, -0.2) is 0 Å². The molecule has 0 unspecified atom stereocenters.